The molecule has 2 heterocycles. The summed E-state index contributed by atoms with van der Waals surface area (Å²) in [7, 11) is 1.56. The number of ether oxygens (including phenoxy) is 1. The highest BCUT2D eigenvalue weighted by Gasteiger charge is 2.12. The smallest absolute Gasteiger partial charge is 0.300 e. The average molecular weight is 331 g/mol. The van der Waals surface area contributed by atoms with Gasteiger partial charge in [0.05, 0.1) is 18.6 Å². The second-order valence-corrected chi connectivity index (χ2v) is 5.55. The number of rotatable bonds is 5. The van der Waals surface area contributed by atoms with Crippen molar-refractivity contribution in [3.63, 3.8) is 0 Å². The van der Waals surface area contributed by atoms with E-state index in [9.17, 15) is 9.59 Å². The maximum atomic E-state index is 12.6. The topological polar surface area (TPSA) is 105 Å². The van der Waals surface area contributed by atoms with Crippen LogP contribution in [-0.4, -0.2) is 37.9 Å². The van der Waals surface area contributed by atoms with E-state index in [0.29, 0.717) is 16.6 Å². The number of aromatic nitrogens is 4. The standard InChI is InChI=1S/C14H13N5O3S/c1-22-10-4-2-3-9(7-10)18-5-6-19-12(13(18)21)16-17-14(19)23-8-11(15)20/h2-7H,8H2,1H3,(H2,15,20). The fourth-order valence-electron chi connectivity index (χ4n) is 2.06. The third-order valence-corrected chi connectivity index (χ3v) is 4.08. The van der Waals surface area contributed by atoms with Crippen molar-refractivity contribution in [2.75, 3.05) is 12.9 Å². The van der Waals surface area contributed by atoms with Crippen molar-refractivity contribution in [3.8, 4) is 11.4 Å². The molecule has 0 radical (unpaired) electrons. The fourth-order valence-corrected chi connectivity index (χ4v) is 2.72. The maximum absolute atomic E-state index is 12.6. The number of primary amides is 1. The number of benzene rings is 1. The van der Waals surface area contributed by atoms with Crippen LogP contribution in [0.4, 0.5) is 0 Å². The summed E-state index contributed by atoms with van der Waals surface area (Å²) in [5, 5.41) is 8.27. The van der Waals surface area contributed by atoms with Crippen LogP contribution in [0.15, 0.2) is 46.6 Å². The van der Waals surface area contributed by atoms with Gasteiger partial charge in [-0.1, -0.05) is 17.8 Å². The molecule has 0 saturated carbocycles. The van der Waals surface area contributed by atoms with Crippen LogP contribution in [0.5, 0.6) is 5.75 Å². The van der Waals surface area contributed by atoms with Crippen LogP contribution in [-0.2, 0) is 4.79 Å². The van der Waals surface area contributed by atoms with Crippen molar-refractivity contribution in [2.24, 2.45) is 5.73 Å². The fraction of sp³-hybridized carbons (Fsp3) is 0.143. The van der Waals surface area contributed by atoms with Crippen LogP contribution in [0.25, 0.3) is 11.3 Å². The maximum Gasteiger partial charge on any atom is 0.300 e. The van der Waals surface area contributed by atoms with E-state index in [2.05, 4.69) is 10.2 Å². The molecule has 0 atom stereocenters. The molecule has 1 aromatic carbocycles. The molecule has 3 rings (SSSR count). The second kappa shape index (κ2) is 6.13. The number of nitrogens with zero attached hydrogens (tertiary/aromatic N) is 4. The van der Waals surface area contributed by atoms with Gasteiger partial charge in [-0.2, -0.15) is 0 Å². The van der Waals surface area contributed by atoms with Crippen LogP contribution in [0.1, 0.15) is 0 Å². The zero-order valence-corrected chi connectivity index (χ0v) is 13.0. The van der Waals surface area contributed by atoms with Crippen molar-refractivity contribution in [2.45, 2.75) is 5.16 Å². The Balaban J connectivity index is 2.06. The number of amides is 1. The molecule has 0 spiro atoms. The van der Waals surface area contributed by atoms with Gasteiger partial charge < -0.3 is 10.5 Å². The van der Waals surface area contributed by atoms with Gasteiger partial charge >= 0.3 is 5.56 Å². The van der Waals surface area contributed by atoms with E-state index in [0.717, 1.165) is 11.8 Å². The Morgan fingerprint density at radius 2 is 2.17 bits per heavy atom. The Kier molecular flexibility index (Phi) is 4.02. The summed E-state index contributed by atoms with van der Waals surface area (Å²) in [6.07, 6.45) is 3.28. The van der Waals surface area contributed by atoms with E-state index >= 15 is 0 Å². The normalized spacial score (nSPS) is 10.8. The highest BCUT2D eigenvalue weighted by molar-refractivity contribution is 7.99. The molecule has 23 heavy (non-hydrogen) atoms. The monoisotopic (exact) mass is 331 g/mol. The summed E-state index contributed by atoms with van der Waals surface area (Å²) in [6, 6.07) is 7.13. The van der Waals surface area contributed by atoms with Gasteiger partial charge in [0.25, 0.3) is 0 Å². The molecule has 8 nitrogen and oxygen atoms in total. The number of carbonyl (C=O) groups is 1. The molecule has 0 unspecified atom stereocenters. The third kappa shape index (κ3) is 2.90. The van der Waals surface area contributed by atoms with E-state index in [4.69, 9.17) is 10.5 Å². The predicted molar refractivity (Wildman–Crippen MR) is 85.1 cm³/mol. The lowest BCUT2D eigenvalue weighted by atomic mass is 10.3. The first kappa shape index (κ1) is 15.1. The lowest BCUT2D eigenvalue weighted by Gasteiger charge is -2.08. The molecule has 118 valence electrons. The first-order valence-electron chi connectivity index (χ1n) is 6.62. The van der Waals surface area contributed by atoms with Gasteiger partial charge in [0.1, 0.15) is 5.75 Å². The van der Waals surface area contributed by atoms with Crippen molar-refractivity contribution < 1.29 is 9.53 Å². The van der Waals surface area contributed by atoms with E-state index < -0.39 is 5.91 Å². The van der Waals surface area contributed by atoms with E-state index in [-0.39, 0.29) is 17.0 Å². The predicted octanol–water partition coefficient (Wildman–Crippen LogP) is 0.466. The summed E-state index contributed by atoms with van der Waals surface area (Å²) in [5.41, 5.74) is 5.62. The van der Waals surface area contributed by atoms with Crippen molar-refractivity contribution in [3.05, 3.63) is 47.0 Å². The minimum atomic E-state index is -0.462. The quantitative estimate of drug-likeness (QED) is 0.681. The summed E-state index contributed by atoms with van der Waals surface area (Å²) < 4.78 is 8.15. The molecular formula is C14H13N5O3S. The van der Waals surface area contributed by atoms with Gasteiger partial charge in [-0.05, 0) is 12.1 Å². The largest absolute Gasteiger partial charge is 0.497 e. The molecule has 3 aromatic rings. The van der Waals surface area contributed by atoms with Gasteiger partial charge in [-0.15, -0.1) is 10.2 Å². The van der Waals surface area contributed by atoms with Gasteiger partial charge in [0.2, 0.25) is 11.6 Å². The first-order chi connectivity index (χ1) is 11.1. The zero-order chi connectivity index (χ0) is 16.4. The molecule has 0 aliphatic rings. The first-order valence-corrected chi connectivity index (χ1v) is 7.60. The summed E-state index contributed by atoms with van der Waals surface area (Å²) in [5.74, 6) is 0.254. The SMILES string of the molecule is COc1cccc(-n2ccn3c(SCC(N)=O)nnc3c2=O)c1. The zero-order valence-electron chi connectivity index (χ0n) is 12.2. The lowest BCUT2D eigenvalue weighted by Crippen LogP contribution is -2.20. The Morgan fingerprint density at radius 1 is 1.35 bits per heavy atom. The Labute approximate surface area is 134 Å². The van der Waals surface area contributed by atoms with E-state index in [1.165, 1.54) is 8.97 Å². The molecule has 0 bridgehead atoms. The number of hydrogen-bond donors (Lipinski definition) is 1. The number of thioether (sulfide) groups is 1. The highest BCUT2D eigenvalue weighted by atomic mass is 32.2. The molecule has 0 aliphatic heterocycles. The molecule has 0 fully saturated rings. The number of fused-ring (bicyclic) bond motifs is 1. The van der Waals surface area contributed by atoms with Crippen LogP contribution < -0.4 is 16.0 Å². The van der Waals surface area contributed by atoms with Crippen LogP contribution in [0.2, 0.25) is 0 Å². The highest BCUT2D eigenvalue weighted by Crippen LogP contribution is 2.17. The third-order valence-electron chi connectivity index (χ3n) is 3.11. The molecule has 2 aromatic heterocycles. The Hall–Kier alpha value is -2.81. The van der Waals surface area contributed by atoms with Crippen LogP contribution in [0, 0.1) is 0 Å². The number of hydrogen-bond acceptors (Lipinski definition) is 6. The minimum Gasteiger partial charge on any atom is -0.497 e. The molecule has 0 saturated heterocycles. The number of carbonyl (C=O) groups excluding carboxylic acids is 1. The van der Waals surface area contributed by atoms with Crippen molar-refractivity contribution >= 4 is 23.3 Å². The van der Waals surface area contributed by atoms with Gasteiger partial charge in [-0.3, -0.25) is 18.6 Å². The van der Waals surface area contributed by atoms with Gasteiger partial charge in [-0.25, -0.2) is 0 Å². The van der Waals surface area contributed by atoms with Gasteiger partial charge in [0.15, 0.2) is 5.16 Å². The Bertz CT molecular complexity index is 934. The summed E-state index contributed by atoms with van der Waals surface area (Å²) >= 11 is 1.13. The molecule has 9 heteroatoms. The van der Waals surface area contributed by atoms with Crippen LogP contribution >= 0.6 is 11.8 Å². The van der Waals surface area contributed by atoms with Crippen LogP contribution in [0.3, 0.4) is 0 Å². The molecule has 0 aliphatic carbocycles. The van der Waals surface area contributed by atoms with Crippen molar-refractivity contribution in [1.29, 1.82) is 0 Å². The summed E-state index contributed by atoms with van der Waals surface area (Å²) in [4.78, 5) is 23.4. The molecule has 1 amide bonds. The second-order valence-electron chi connectivity index (χ2n) is 4.61. The Morgan fingerprint density at radius 3 is 2.91 bits per heavy atom. The lowest BCUT2D eigenvalue weighted by molar-refractivity contribution is -0.115. The number of methoxy groups -OCH3 is 1. The minimum absolute atomic E-state index is 0.0692. The van der Waals surface area contributed by atoms with E-state index in [1.807, 2.05) is 0 Å². The van der Waals surface area contributed by atoms with Gasteiger partial charge in [0, 0.05) is 18.5 Å². The average Bonchev–Trinajstić information content (AvgIpc) is 2.97. The molecule has 2 N–H and O–H groups in total. The molecular weight excluding hydrogens is 318 g/mol. The van der Waals surface area contributed by atoms with Crippen molar-refractivity contribution in [1.82, 2.24) is 19.2 Å². The van der Waals surface area contributed by atoms with E-state index in [1.54, 1.807) is 43.8 Å². The summed E-state index contributed by atoms with van der Waals surface area (Å²) in [6.45, 7) is 0. The number of nitrogens with two attached hydrogens (primary N) is 1.